The van der Waals surface area contributed by atoms with Gasteiger partial charge in [0.25, 0.3) is 0 Å². The minimum Gasteiger partial charge on any atom is -0.494 e. The van der Waals surface area contributed by atoms with Crippen LogP contribution in [-0.2, 0) is 6.42 Å². The molecule has 0 aliphatic carbocycles. The van der Waals surface area contributed by atoms with Crippen LogP contribution in [0.15, 0.2) is 18.2 Å². The van der Waals surface area contributed by atoms with Crippen LogP contribution in [0, 0.1) is 5.82 Å². The number of ether oxygens (including phenoxy) is 1. The summed E-state index contributed by atoms with van der Waals surface area (Å²) >= 11 is 2.02. The van der Waals surface area contributed by atoms with E-state index in [9.17, 15) is 4.39 Å². The van der Waals surface area contributed by atoms with Gasteiger partial charge in [-0.15, -0.1) is 0 Å². The molecule has 4 heteroatoms. The van der Waals surface area contributed by atoms with E-state index in [1.54, 1.807) is 6.07 Å². The second kappa shape index (κ2) is 7.89. The molecule has 0 bridgehead atoms. The fourth-order valence-corrected chi connectivity index (χ4v) is 4.09. The largest absolute Gasteiger partial charge is 0.494 e. The molecule has 1 aliphatic heterocycles. The Hall–Kier alpha value is -0.740. The first-order chi connectivity index (χ1) is 9.76. The molecule has 1 heterocycles. The van der Waals surface area contributed by atoms with Crippen molar-refractivity contribution in [2.24, 2.45) is 0 Å². The SMILES string of the molecule is CCCNC(Cc1cccc(OC)c1F)C1CCCS1. The molecule has 0 amide bonds. The summed E-state index contributed by atoms with van der Waals surface area (Å²) in [6.45, 7) is 3.16. The van der Waals surface area contributed by atoms with Crippen molar-refractivity contribution in [3.8, 4) is 5.75 Å². The highest BCUT2D eigenvalue weighted by molar-refractivity contribution is 8.00. The highest BCUT2D eigenvalue weighted by Gasteiger charge is 2.26. The summed E-state index contributed by atoms with van der Waals surface area (Å²) in [7, 11) is 1.52. The normalized spacial score (nSPS) is 20.1. The molecule has 1 aliphatic rings. The Kier molecular flexibility index (Phi) is 6.17. The molecule has 0 aromatic heterocycles. The van der Waals surface area contributed by atoms with E-state index in [1.165, 1.54) is 25.7 Å². The Morgan fingerprint density at radius 2 is 2.35 bits per heavy atom. The fraction of sp³-hybridized carbons (Fsp3) is 0.625. The van der Waals surface area contributed by atoms with Crippen LogP contribution in [0.1, 0.15) is 31.7 Å². The third-order valence-electron chi connectivity index (χ3n) is 3.77. The summed E-state index contributed by atoms with van der Waals surface area (Å²) in [6, 6.07) is 5.77. The first kappa shape index (κ1) is 15.6. The molecule has 1 saturated heterocycles. The summed E-state index contributed by atoms with van der Waals surface area (Å²) in [5, 5.41) is 4.20. The van der Waals surface area contributed by atoms with Gasteiger partial charge < -0.3 is 10.1 Å². The van der Waals surface area contributed by atoms with Gasteiger partial charge in [0.05, 0.1) is 7.11 Å². The highest BCUT2D eigenvalue weighted by atomic mass is 32.2. The van der Waals surface area contributed by atoms with Gasteiger partial charge in [0, 0.05) is 11.3 Å². The molecule has 112 valence electrons. The predicted molar refractivity (Wildman–Crippen MR) is 84.2 cm³/mol. The molecule has 1 aromatic carbocycles. The third-order valence-corrected chi connectivity index (χ3v) is 5.29. The molecule has 1 N–H and O–H groups in total. The van der Waals surface area contributed by atoms with Crippen molar-refractivity contribution in [2.45, 2.75) is 43.9 Å². The quantitative estimate of drug-likeness (QED) is 0.830. The van der Waals surface area contributed by atoms with Crippen molar-refractivity contribution < 1.29 is 9.13 Å². The van der Waals surface area contributed by atoms with E-state index in [0.29, 0.717) is 17.0 Å². The third kappa shape index (κ3) is 3.89. The lowest BCUT2D eigenvalue weighted by atomic mass is 10.00. The van der Waals surface area contributed by atoms with Gasteiger partial charge in [-0.3, -0.25) is 0 Å². The van der Waals surface area contributed by atoms with Gasteiger partial charge in [0.15, 0.2) is 11.6 Å². The van der Waals surface area contributed by atoms with Gasteiger partial charge in [0.2, 0.25) is 0 Å². The van der Waals surface area contributed by atoms with Gasteiger partial charge >= 0.3 is 0 Å². The second-order valence-corrected chi connectivity index (χ2v) is 6.60. The maximum absolute atomic E-state index is 14.3. The highest BCUT2D eigenvalue weighted by Crippen LogP contribution is 2.31. The van der Waals surface area contributed by atoms with Crippen molar-refractivity contribution in [3.63, 3.8) is 0 Å². The average molecular weight is 297 g/mol. The van der Waals surface area contributed by atoms with E-state index in [-0.39, 0.29) is 5.82 Å². The van der Waals surface area contributed by atoms with E-state index in [1.807, 2.05) is 23.9 Å². The van der Waals surface area contributed by atoms with Crippen molar-refractivity contribution in [3.05, 3.63) is 29.6 Å². The Balaban J connectivity index is 2.10. The summed E-state index contributed by atoms with van der Waals surface area (Å²) in [4.78, 5) is 0. The van der Waals surface area contributed by atoms with Gasteiger partial charge in [0.1, 0.15) is 0 Å². The molecule has 1 aromatic rings. The van der Waals surface area contributed by atoms with Crippen molar-refractivity contribution in [2.75, 3.05) is 19.4 Å². The zero-order valence-corrected chi connectivity index (χ0v) is 13.1. The Morgan fingerprint density at radius 3 is 3.00 bits per heavy atom. The first-order valence-electron chi connectivity index (χ1n) is 7.42. The van der Waals surface area contributed by atoms with Crippen LogP contribution in [0.25, 0.3) is 0 Å². The van der Waals surface area contributed by atoms with Crippen molar-refractivity contribution in [1.82, 2.24) is 5.32 Å². The second-order valence-electron chi connectivity index (χ2n) is 5.25. The van der Waals surface area contributed by atoms with Gasteiger partial charge in [-0.1, -0.05) is 19.1 Å². The number of hydrogen-bond donors (Lipinski definition) is 1. The molecular weight excluding hydrogens is 273 g/mol. The molecule has 2 atom stereocenters. The van der Waals surface area contributed by atoms with E-state index in [0.717, 1.165) is 24.9 Å². The summed E-state index contributed by atoms with van der Waals surface area (Å²) in [5.41, 5.74) is 0.755. The summed E-state index contributed by atoms with van der Waals surface area (Å²) < 4.78 is 19.4. The number of hydrogen-bond acceptors (Lipinski definition) is 3. The lowest BCUT2D eigenvalue weighted by molar-refractivity contribution is 0.381. The van der Waals surface area contributed by atoms with Crippen molar-refractivity contribution in [1.29, 1.82) is 0 Å². The molecule has 2 unspecified atom stereocenters. The maximum Gasteiger partial charge on any atom is 0.168 e. The van der Waals surface area contributed by atoms with E-state index < -0.39 is 0 Å². The molecule has 20 heavy (non-hydrogen) atoms. The number of rotatable bonds is 7. The van der Waals surface area contributed by atoms with Crippen LogP contribution in [0.4, 0.5) is 4.39 Å². The first-order valence-corrected chi connectivity index (χ1v) is 8.47. The van der Waals surface area contributed by atoms with Gasteiger partial charge in [-0.2, -0.15) is 11.8 Å². The zero-order valence-electron chi connectivity index (χ0n) is 12.3. The van der Waals surface area contributed by atoms with E-state index in [4.69, 9.17) is 4.74 Å². The molecule has 0 spiro atoms. The van der Waals surface area contributed by atoms with Crippen LogP contribution in [-0.4, -0.2) is 30.7 Å². The summed E-state index contributed by atoms with van der Waals surface area (Å²) in [5.74, 6) is 1.37. The monoisotopic (exact) mass is 297 g/mol. The van der Waals surface area contributed by atoms with Crippen LogP contribution in [0.3, 0.4) is 0 Å². The maximum atomic E-state index is 14.3. The molecule has 2 nitrogen and oxygen atoms in total. The number of benzene rings is 1. The van der Waals surface area contributed by atoms with E-state index >= 15 is 0 Å². The molecule has 2 rings (SSSR count). The average Bonchev–Trinajstić information content (AvgIpc) is 2.99. The smallest absolute Gasteiger partial charge is 0.168 e. The van der Waals surface area contributed by atoms with Crippen LogP contribution < -0.4 is 10.1 Å². The number of thioether (sulfide) groups is 1. The number of methoxy groups -OCH3 is 1. The molecule has 0 radical (unpaired) electrons. The Bertz CT molecular complexity index is 421. The number of nitrogens with one attached hydrogen (secondary N) is 1. The lowest BCUT2D eigenvalue weighted by Crippen LogP contribution is -2.39. The zero-order chi connectivity index (χ0) is 14.4. The predicted octanol–water partition coefficient (Wildman–Crippen LogP) is 3.64. The van der Waals surface area contributed by atoms with E-state index in [2.05, 4.69) is 12.2 Å². The Labute approximate surface area is 125 Å². The molecular formula is C16H24FNOS. The molecule has 0 saturated carbocycles. The van der Waals surface area contributed by atoms with Gasteiger partial charge in [-0.05, 0) is 49.6 Å². The lowest BCUT2D eigenvalue weighted by Gasteiger charge is -2.24. The van der Waals surface area contributed by atoms with Crippen LogP contribution >= 0.6 is 11.8 Å². The van der Waals surface area contributed by atoms with Gasteiger partial charge in [-0.25, -0.2) is 4.39 Å². The Morgan fingerprint density at radius 1 is 1.50 bits per heavy atom. The van der Waals surface area contributed by atoms with Crippen LogP contribution in [0.5, 0.6) is 5.75 Å². The standard InChI is InChI=1S/C16H24FNOS/c1-3-9-18-13(15-8-5-10-20-15)11-12-6-4-7-14(19-2)16(12)17/h4,6-7,13,15,18H,3,5,8-11H2,1-2H3. The number of halogens is 1. The fourth-order valence-electron chi connectivity index (χ4n) is 2.69. The topological polar surface area (TPSA) is 21.3 Å². The molecule has 1 fully saturated rings. The van der Waals surface area contributed by atoms with Crippen LogP contribution in [0.2, 0.25) is 0 Å². The minimum absolute atomic E-state index is 0.207. The van der Waals surface area contributed by atoms with Crippen molar-refractivity contribution >= 4 is 11.8 Å². The minimum atomic E-state index is -0.207. The summed E-state index contributed by atoms with van der Waals surface area (Å²) in [6.07, 6.45) is 4.35.